The summed E-state index contributed by atoms with van der Waals surface area (Å²) >= 11 is 0. The summed E-state index contributed by atoms with van der Waals surface area (Å²) in [7, 11) is 3.32. The Morgan fingerprint density at radius 1 is 0.667 bits per heavy atom. The zero-order valence-corrected chi connectivity index (χ0v) is 30.5. The number of methoxy groups -OCH3 is 2. The summed E-state index contributed by atoms with van der Waals surface area (Å²) in [6, 6.07) is 29.2. The maximum atomic E-state index is 6.75. The first kappa shape index (κ1) is 39.0. The predicted molar refractivity (Wildman–Crippen MR) is 196 cm³/mol. The fourth-order valence-electron chi connectivity index (χ4n) is 6.61. The predicted octanol–water partition coefficient (Wildman–Crippen LogP) is 6.20. The molecule has 1 fully saturated rings. The van der Waals surface area contributed by atoms with Gasteiger partial charge in [0, 0.05) is 27.4 Å². The Balaban J connectivity index is 1.45. The average Bonchev–Trinajstić information content (AvgIpc) is 3.26. The van der Waals surface area contributed by atoms with Gasteiger partial charge in [-0.2, -0.15) is 0 Å². The van der Waals surface area contributed by atoms with Crippen molar-refractivity contribution in [2.45, 2.75) is 82.8 Å². The lowest BCUT2D eigenvalue weighted by atomic mass is 9.91. The van der Waals surface area contributed by atoms with Gasteiger partial charge in [-0.25, -0.2) is 0 Å². The van der Waals surface area contributed by atoms with Crippen LogP contribution in [0.5, 0.6) is 0 Å². The monoisotopic (exact) mass is 704 g/mol. The summed E-state index contributed by atoms with van der Waals surface area (Å²) in [6.07, 6.45) is 3.62. The zero-order valence-electron chi connectivity index (χ0n) is 30.5. The molecule has 0 saturated carbocycles. The van der Waals surface area contributed by atoms with Crippen LogP contribution in [0, 0.1) is 0 Å². The topological polar surface area (TPSA) is 89.4 Å². The van der Waals surface area contributed by atoms with Crippen molar-refractivity contribution in [2.24, 2.45) is 4.99 Å². The second-order valence-corrected chi connectivity index (χ2v) is 13.0. The minimum absolute atomic E-state index is 0.0891. The molecule has 0 aromatic heterocycles. The van der Waals surface area contributed by atoms with Gasteiger partial charge in [-0.05, 0) is 61.3 Å². The Bertz CT molecular complexity index is 1390. The quantitative estimate of drug-likeness (QED) is 0.0951. The molecule has 0 amide bonds. The van der Waals surface area contributed by atoms with Crippen molar-refractivity contribution in [1.29, 1.82) is 0 Å². The number of benzene rings is 3. The van der Waals surface area contributed by atoms with Crippen LogP contribution in [-0.4, -0.2) is 102 Å². The zero-order chi connectivity index (χ0) is 35.5. The van der Waals surface area contributed by atoms with E-state index in [0.29, 0.717) is 52.4 Å². The highest BCUT2D eigenvalue weighted by Crippen LogP contribution is 2.30. The van der Waals surface area contributed by atoms with Crippen LogP contribution < -0.4 is 0 Å². The van der Waals surface area contributed by atoms with Gasteiger partial charge >= 0.3 is 0 Å². The summed E-state index contributed by atoms with van der Waals surface area (Å²) in [5.74, 6) is 0.930. The van der Waals surface area contributed by atoms with Crippen molar-refractivity contribution in [3.8, 4) is 0 Å². The van der Waals surface area contributed by atoms with Crippen molar-refractivity contribution in [3.63, 3.8) is 0 Å². The van der Waals surface area contributed by atoms with Crippen LogP contribution in [0.15, 0.2) is 89.9 Å². The van der Waals surface area contributed by atoms with Gasteiger partial charge in [0.2, 0.25) is 0 Å². The highest BCUT2D eigenvalue weighted by atomic mass is 16.7. The minimum Gasteiger partial charge on any atom is -0.382 e. The molecule has 51 heavy (non-hydrogen) atoms. The maximum Gasteiger partial charge on any atom is 0.158 e. The Kier molecular flexibility index (Phi) is 16.8. The van der Waals surface area contributed by atoms with Crippen LogP contribution in [0.2, 0.25) is 0 Å². The smallest absolute Gasteiger partial charge is 0.158 e. The van der Waals surface area contributed by atoms with E-state index in [-0.39, 0.29) is 32.0 Å². The van der Waals surface area contributed by atoms with Gasteiger partial charge in [-0.3, -0.25) is 4.99 Å². The standard InChI is InChI=1S/C41H56N2O8/c1-32-42-37(26-33-12-6-4-7-13-33)40(50-30-46-24-22-44-2)41(51-31-47-25-23-45-3)38(27-34-14-8-5-9-15-34)43(32)28-35-17-19-36(20-18-35)29-49-39-16-10-11-21-48-39/h4-9,12-15,17-20,37-41H,10-11,16,21-31H2,1-3H3/t37-,38-,39?,40+,41+/m1/s1. The van der Waals surface area contributed by atoms with E-state index in [9.17, 15) is 0 Å². The average molecular weight is 705 g/mol. The van der Waals surface area contributed by atoms with Crippen molar-refractivity contribution in [3.05, 3.63) is 107 Å². The normalized spacial score (nSPS) is 22.5. The van der Waals surface area contributed by atoms with Crippen LogP contribution in [0.3, 0.4) is 0 Å². The van der Waals surface area contributed by atoms with Gasteiger partial charge in [0.25, 0.3) is 0 Å². The van der Waals surface area contributed by atoms with Gasteiger partial charge < -0.3 is 42.8 Å². The molecule has 5 atom stereocenters. The molecule has 0 aliphatic carbocycles. The van der Waals surface area contributed by atoms with Crippen molar-refractivity contribution < 1.29 is 37.9 Å². The van der Waals surface area contributed by atoms with Crippen LogP contribution in [0.4, 0.5) is 0 Å². The number of aliphatic imine (C=N–C) groups is 1. The fraction of sp³-hybridized carbons (Fsp3) is 0.537. The number of rotatable bonds is 21. The fourth-order valence-corrected chi connectivity index (χ4v) is 6.61. The van der Waals surface area contributed by atoms with Gasteiger partial charge in [0.15, 0.2) is 6.29 Å². The first-order chi connectivity index (χ1) is 25.1. The molecule has 2 aliphatic rings. The Hall–Kier alpha value is -3.19. The number of hydrogen-bond donors (Lipinski definition) is 0. The molecule has 278 valence electrons. The third kappa shape index (κ3) is 12.8. The van der Waals surface area contributed by atoms with Gasteiger partial charge in [0.1, 0.15) is 25.8 Å². The molecular weight excluding hydrogens is 648 g/mol. The van der Waals surface area contributed by atoms with Crippen LogP contribution in [0.1, 0.15) is 48.4 Å². The van der Waals surface area contributed by atoms with Crippen LogP contribution >= 0.6 is 0 Å². The summed E-state index contributed by atoms with van der Waals surface area (Å²) in [5.41, 5.74) is 4.65. The lowest BCUT2D eigenvalue weighted by molar-refractivity contribution is -0.187. The summed E-state index contributed by atoms with van der Waals surface area (Å²) < 4.78 is 47.4. The number of amidine groups is 1. The Labute approximate surface area is 303 Å². The number of hydrogen-bond acceptors (Lipinski definition) is 10. The first-order valence-electron chi connectivity index (χ1n) is 18.2. The molecule has 10 nitrogen and oxygen atoms in total. The van der Waals surface area contributed by atoms with E-state index in [1.165, 1.54) is 11.1 Å². The van der Waals surface area contributed by atoms with Crippen molar-refractivity contribution >= 4 is 5.84 Å². The molecule has 3 aromatic rings. The van der Waals surface area contributed by atoms with Crippen LogP contribution in [-0.2, 0) is 63.9 Å². The summed E-state index contributed by atoms with van der Waals surface area (Å²) in [5, 5.41) is 0. The molecular formula is C41H56N2O8. The molecule has 0 radical (unpaired) electrons. The minimum atomic E-state index is -0.436. The summed E-state index contributed by atoms with van der Waals surface area (Å²) in [4.78, 5) is 7.78. The maximum absolute atomic E-state index is 6.75. The number of nitrogens with zero attached hydrogens (tertiary/aromatic N) is 2. The molecule has 5 rings (SSSR count). The van der Waals surface area contributed by atoms with Gasteiger partial charge in [-0.1, -0.05) is 84.9 Å². The lowest BCUT2D eigenvalue weighted by Crippen LogP contribution is -2.53. The molecule has 0 spiro atoms. The number of ether oxygens (including phenoxy) is 8. The second kappa shape index (κ2) is 22.0. The molecule has 0 N–H and O–H groups in total. The van der Waals surface area contributed by atoms with E-state index in [1.54, 1.807) is 14.2 Å². The molecule has 3 aromatic carbocycles. The van der Waals surface area contributed by atoms with E-state index in [0.717, 1.165) is 42.8 Å². The van der Waals surface area contributed by atoms with Crippen molar-refractivity contribution in [1.82, 2.24) is 4.90 Å². The highest BCUT2D eigenvalue weighted by Gasteiger charge is 2.43. The summed E-state index contributed by atoms with van der Waals surface area (Å²) in [6.45, 7) is 6.03. The van der Waals surface area contributed by atoms with Crippen molar-refractivity contribution in [2.75, 3.05) is 60.8 Å². The molecule has 2 aliphatic heterocycles. The van der Waals surface area contributed by atoms with E-state index < -0.39 is 12.2 Å². The van der Waals surface area contributed by atoms with Crippen LogP contribution in [0.25, 0.3) is 0 Å². The molecule has 10 heteroatoms. The van der Waals surface area contributed by atoms with E-state index in [1.807, 2.05) is 12.1 Å². The van der Waals surface area contributed by atoms with Gasteiger partial charge in [-0.15, -0.1) is 0 Å². The Morgan fingerprint density at radius 2 is 1.27 bits per heavy atom. The molecule has 1 saturated heterocycles. The van der Waals surface area contributed by atoms with E-state index >= 15 is 0 Å². The lowest BCUT2D eigenvalue weighted by Gasteiger charge is -2.39. The van der Waals surface area contributed by atoms with E-state index in [2.05, 4.69) is 84.6 Å². The van der Waals surface area contributed by atoms with Gasteiger partial charge in [0.05, 0.1) is 51.0 Å². The largest absolute Gasteiger partial charge is 0.382 e. The third-order valence-electron chi connectivity index (χ3n) is 9.33. The molecule has 2 heterocycles. The highest BCUT2D eigenvalue weighted by molar-refractivity contribution is 5.81. The third-order valence-corrected chi connectivity index (χ3v) is 9.33. The molecule has 0 bridgehead atoms. The second-order valence-electron chi connectivity index (χ2n) is 13.0. The Morgan fingerprint density at radius 3 is 1.88 bits per heavy atom. The molecule has 1 unspecified atom stereocenters. The first-order valence-corrected chi connectivity index (χ1v) is 18.2. The SMILES string of the molecule is COCCOCO[C@@H]1[C@@H](OCOCCOC)[C@@H](Cc2ccccc2)N=C(C)N(Cc2ccc(COC3CCCCO3)cc2)[C@@H]1Cc1ccccc1. The van der Waals surface area contributed by atoms with E-state index in [4.69, 9.17) is 42.9 Å².